The lowest BCUT2D eigenvalue weighted by Crippen LogP contribution is -2.41. The maximum atomic E-state index is 13.3. The Morgan fingerprint density at radius 2 is 1.93 bits per heavy atom. The average molecular weight is 468 g/mol. The topological polar surface area (TPSA) is 68.5 Å². The summed E-state index contributed by atoms with van der Waals surface area (Å²) < 4.78 is 5.87. The number of amides is 1. The van der Waals surface area contributed by atoms with Crippen LogP contribution in [0, 0.1) is 0 Å². The fourth-order valence-corrected chi connectivity index (χ4v) is 4.32. The predicted molar refractivity (Wildman–Crippen MR) is 128 cm³/mol. The molecule has 5 nitrogen and oxygen atoms in total. The highest BCUT2D eigenvalue weighted by atomic mass is 35.5. The molecule has 8 heteroatoms. The van der Waals surface area contributed by atoms with Gasteiger partial charge >= 0.3 is 0 Å². The SMILES string of the molecule is Cl.Cl.NCCCOC1CCN(C(=O)c2cc(-c3cccs3)nc3ccccc23)CC1. The van der Waals surface area contributed by atoms with Gasteiger partial charge < -0.3 is 15.4 Å². The summed E-state index contributed by atoms with van der Waals surface area (Å²) in [6.07, 6.45) is 2.86. The molecule has 162 valence electrons. The van der Waals surface area contributed by atoms with Gasteiger partial charge in [0.1, 0.15) is 0 Å². The highest BCUT2D eigenvalue weighted by molar-refractivity contribution is 7.13. The molecule has 1 aliphatic rings. The van der Waals surface area contributed by atoms with Gasteiger partial charge in [0.25, 0.3) is 5.91 Å². The van der Waals surface area contributed by atoms with Crippen LogP contribution in [0.25, 0.3) is 21.5 Å². The van der Waals surface area contributed by atoms with Gasteiger partial charge in [-0.15, -0.1) is 36.2 Å². The lowest BCUT2D eigenvalue weighted by atomic mass is 10.0. The standard InChI is InChI=1S/C22H25N3O2S.2ClH/c23-10-4-13-27-16-8-11-25(12-9-16)22(26)18-15-20(21-7-3-14-28-21)24-19-6-2-1-5-17(18)19;;/h1-3,5-7,14-16H,4,8-13,23H2;2*1H. The molecule has 0 radical (unpaired) electrons. The lowest BCUT2D eigenvalue weighted by molar-refractivity contribution is 0.00850. The molecule has 2 aromatic heterocycles. The summed E-state index contributed by atoms with van der Waals surface area (Å²) in [6, 6.07) is 13.9. The molecule has 0 spiro atoms. The van der Waals surface area contributed by atoms with Gasteiger partial charge in [0.2, 0.25) is 0 Å². The highest BCUT2D eigenvalue weighted by Crippen LogP contribution is 2.29. The Bertz CT molecular complexity index is 945. The van der Waals surface area contributed by atoms with Crippen LogP contribution in [0.5, 0.6) is 0 Å². The largest absolute Gasteiger partial charge is 0.378 e. The number of nitrogens with zero attached hydrogens (tertiary/aromatic N) is 2. The number of halogens is 2. The number of carbonyl (C=O) groups is 1. The summed E-state index contributed by atoms with van der Waals surface area (Å²) >= 11 is 1.64. The number of hydrogen-bond donors (Lipinski definition) is 1. The molecule has 3 heterocycles. The van der Waals surface area contributed by atoms with E-state index < -0.39 is 0 Å². The van der Waals surface area contributed by atoms with E-state index in [9.17, 15) is 4.79 Å². The number of piperidine rings is 1. The molecule has 1 saturated heterocycles. The summed E-state index contributed by atoms with van der Waals surface area (Å²) in [5.41, 5.74) is 7.98. The molecule has 0 bridgehead atoms. The van der Waals surface area contributed by atoms with Crippen LogP contribution in [0.2, 0.25) is 0 Å². The molecule has 0 aliphatic carbocycles. The van der Waals surface area contributed by atoms with Crippen molar-refractivity contribution in [3.05, 3.63) is 53.4 Å². The van der Waals surface area contributed by atoms with Crippen molar-refractivity contribution in [1.29, 1.82) is 0 Å². The Kier molecular flexibility index (Phi) is 9.52. The summed E-state index contributed by atoms with van der Waals surface area (Å²) in [6.45, 7) is 2.79. The number of rotatable bonds is 6. The number of fused-ring (bicyclic) bond motifs is 1. The quantitative estimate of drug-likeness (QED) is 0.529. The monoisotopic (exact) mass is 467 g/mol. The van der Waals surface area contributed by atoms with Crippen LogP contribution in [-0.4, -0.2) is 48.1 Å². The fourth-order valence-electron chi connectivity index (χ4n) is 3.63. The van der Waals surface area contributed by atoms with Crippen molar-refractivity contribution in [2.45, 2.75) is 25.4 Å². The molecule has 1 aliphatic heterocycles. The lowest BCUT2D eigenvalue weighted by Gasteiger charge is -2.32. The van der Waals surface area contributed by atoms with Crippen molar-refractivity contribution in [1.82, 2.24) is 9.88 Å². The number of carbonyl (C=O) groups excluding carboxylic acids is 1. The normalized spacial score (nSPS) is 14.2. The minimum atomic E-state index is 0. The highest BCUT2D eigenvalue weighted by Gasteiger charge is 2.25. The van der Waals surface area contributed by atoms with E-state index in [2.05, 4.69) is 0 Å². The zero-order valence-electron chi connectivity index (χ0n) is 16.7. The predicted octanol–water partition coefficient (Wildman–Crippen LogP) is 4.78. The van der Waals surface area contributed by atoms with Gasteiger partial charge in [-0.25, -0.2) is 4.98 Å². The van der Waals surface area contributed by atoms with Gasteiger partial charge in [0, 0.05) is 25.1 Å². The molecule has 0 atom stereocenters. The maximum Gasteiger partial charge on any atom is 0.254 e. The number of likely N-dealkylation sites (tertiary alicyclic amines) is 1. The van der Waals surface area contributed by atoms with E-state index in [1.54, 1.807) is 11.3 Å². The summed E-state index contributed by atoms with van der Waals surface area (Å²) in [4.78, 5) is 21.1. The third-order valence-electron chi connectivity index (χ3n) is 5.15. The van der Waals surface area contributed by atoms with Crippen molar-refractivity contribution < 1.29 is 9.53 Å². The number of nitrogens with two attached hydrogens (primary N) is 1. The van der Waals surface area contributed by atoms with Gasteiger partial charge in [-0.3, -0.25) is 4.79 Å². The first-order chi connectivity index (χ1) is 13.8. The molecule has 2 N–H and O–H groups in total. The van der Waals surface area contributed by atoms with Crippen LogP contribution in [0.4, 0.5) is 0 Å². The van der Waals surface area contributed by atoms with Crippen LogP contribution in [-0.2, 0) is 4.74 Å². The minimum Gasteiger partial charge on any atom is -0.378 e. The van der Waals surface area contributed by atoms with Crippen LogP contribution in [0.3, 0.4) is 0 Å². The molecule has 1 aromatic carbocycles. The summed E-state index contributed by atoms with van der Waals surface area (Å²) in [5.74, 6) is 0.0804. The molecular formula is C22H27Cl2N3O2S. The Labute approximate surface area is 193 Å². The first kappa shape index (κ1) is 24.6. The number of pyridine rings is 1. The first-order valence-corrected chi connectivity index (χ1v) is 10.7. The van der Waals surface area contributed by atoms with Crippen LogP contribution < -0.4 is 5.73 Å². The third kappa shape index (κ3) is 5.50. The number of benzene rings is 1. The van der Waals surface area contributed by atoms with Crippen LogP contribution in [0.1, 0.15) is 29.6 Å². The van der Waals surface area contributed by atoms with E-state index in [0.29, 0.717) is 13.2 Å². The minimum absolute atomic E-state index is 0. The fraction of sp³-hybridized carbons (Fsp3) is 0.364. The van der Waals surface area contributed by atoms with Crippen molar-refractivity contribution in [3.8, 4) is 10.6 Å². The van der Waals surface area contributed by atoms with E-state index in [-0.39, 0.29) is 36.8 Å². The third-order valence-corrected chi connectivity index (χ3v) is 6.04. The second kappa shape index (κ2) is 11.6. The molecule has 30 heavy (non-hydrogen) atoms. The Morgan fingerprint density at radius 3 is 2.63 bits per heavy atom. The van der Waals surface area contributed by atoms with E-state index in [1.807, 2.05) is 52.7 Å². The first-order valence-electron chi connectivity index (χ1n) is 9.81. The Morgan fingerprint density at radius 1 is 1.17 bits per heavy atom. The molecule has 0 unspecified atom stereocenters. The molecule has 4 rings (SSSR count). The second-order valence-corrected chi connectivity index (χ2v) is 8.00. The smallest absolute Gasteiger partial charge is 0.254 e. The zero-order chi connectivity index (χ0) is 19.3. The molecule has 0 saturated carbocycles. The van der Waals surface area contributed by atoms with Gasteiger partial charge in [0.05, 0.1) is 27.8 Å². The number of aromatic nitrogens is 1. The van der Waals surface area contributed by atoms with Crippen molar-refractivity contribution >= 4 is 53.0 Å². The van der Waals surface area contributed by atoms with E-state index in [1.165, 1.54) is 0 Å². The zero-order valence-corrected chi connectivity index (χ0v) is 19.1. The number of hydrogen-bond acceptors (Lipinski definition) is 5. The maximum absolute atomic E-state index is 13.3. The van der Waals surface area contributed by atoms with Crippen molar-refractivity contribution in [2.24, 2.45) is 5.73 Å². The van der Waals surface area contributed by atoms with Gasteiger partial charge in [-0.1, -0.05) is 24.3 Å². The molecule has 1 amide bonds. The van der Waals surface area contributed by atoms with Crippen LogP contribution in [0.15, 0.2) is 47.8 Å². The van der Waals surface area contributed by atoms with Gasteiger partial charge in [0.15, 0.2) is 0 Å². The van der Waals surface area contributed by atoms with E-state index >= 15 is 0 Å². The number of ether oxygens (including phenoxy) is 1. The number of thiophene rings is 1. The second-order valence-electron chi connectivity index (χ2n) is 7.05. The number of para-hydroxylation sites is 1. The summed E-state index contributed by atoms with van der Waals surface area (Å²) in [5, 5.41) is 2.94. The molecule has 1 fully saturated rings. The van der Waals surface area contributed by atoms with Gasteiger partial charge in [-0.05, 0) is 49.4 Å². The van der Waals surface area contributed by atoms with Crippen molar-refractivity contribution in [3.63, 3.8) is 0 Å². The van der Waals surface area contributed by atoms with Gasteiger partial charge in [-0.2, -0.15) is 0 Å². The van der Waals surface area contributed by atoms with Crippen molar-refractivity contribution in [2.75, 3.05) is 26.2 Å². The Hall–Kier alpha value is -1.70. The molecular weight excluding hydrogens is 441 g/mol. The van der Waals surface area contributed by atoms with E-state index in [4.69, 9.17) is 15.5 Å². The average Bonchev–Trinajstić information content (AvgIpc) is 3.28. The van der Waals surface area contributed by atoms with Crippen LogP contribution >= 0.6 is 36.2 Å². The summed E-state index contributed by atoms with van der Waals surface area (Å²) in [7, 11) is 0. The Balaban J connectivity index is 0.00000160. The van der Waals surface area contributed by atoms with E-state index in [0.717, 1.165) is 59.4 Å². The molecule has 3 aromatic rings.